The number of rotatable bonds is 0. The van der Waals surface area contributed by atoms with E-state index in [0.717, 1.165) is 30.6 Å². The molecule has 2 heteroatoms. The molecule has 2 nitrogen and oxygen atoms in total. The molecule has 1 aromatic rings. The van der Waals surface area contributed by atoms with Crippen LogP contribution >= 0.6 is 0 Å². The van der Waals surface area contributed by atoms with Gasteiger partial charge in [0.15, 0.2) is 0 Å². The van der Waals surface area contributed by atoms with Gasteiger partial charge in [0.05, 0.1) is 0 Å². The smallest absolute Gasteiger partial charge is 0.127 e. The topological polar surface area (TPSA) is 29.5 Å². The Bertz CT molecular complexity index is 569. The summed E-state index contributed by atoms with van der Waals surface area (Å²) in [6.07, 6.45) is 7.64. The molecule has 1 aromatic carbocycles. The summed E-state index contributed by atoms with van der Waals surface area (Å²) >= 11 is 0. The number of aryl methyl sites for hydroxylation is 1. The van der Waals surface area contributed by atoms with E-state index in [1.165, 1.54) is 11.1 Å². The summed E-state index contributed by atoms with van der Waals surface area (Å²) in [5.41, 5.74) is 3.50. The molecule has 0 aromatic heterocycles. The van der Waals surface area contributed by atoms with E-state index in [1.807, 2.05) is 6.07 Å². The highest BCUT2D eigenvalue weighted by atomic mass is 16.5. The molecule has 0 saturated heterocycles. The van der Waals surface area contributed by atoms with Crippen molar-refractivity contribution in [3.63, 3.8) is 0 Å². The second-order valence-electron chi connectivity index (χ2n) is 6.41. The van der Waals surface area contributed by atoms with Crippen LogP contribution in [-0.4, -0.2) is 10.7 Å². The summed E-state index contributed by atoms with van der Waals surface area (Å²) in [4.78, 5) is 0. The monoisotopic (exact) mass is 242 g/mol. The van der Waals surface area contributed by atoms with E-state index in [1.54, 1.807) is 0 Å². The second kappa shape index (κ2) is 3.11. The van der Waals surface area contributed by atoms with Crippen LogP contribution in [0.4, 0.5) is 0 Å². The third kappa shape index (κ3) is 1.23. The van der Waals surface area contributed by atoms with Crippen LogP contribution in [0.1, 0.15) is 55.2 Å². The third-order valence-corrected chi connectivity index (χ3v) is 4.61. The number of hydrogen-bond acceptors (Lipinski definition) is 2. The van der Waals surface area contributed by atoms with E-state index in [4.69, 9.17) is 4.74 Å². The highest BCUT2D eigenvalue weighted by molar-refractivity contribution is 5.63. The summed E-state index contributed by atoms with van der Waals surface area (Å²) in [6, 6.07) is 1.93. The van der Waals surface area contributed by atoms with Gasteiger partial charge in [-0.05, 0) is 44.7 Å². The molecule has 0 fully saturated rings. The zero-order valence-corrected chi connectivity index (χ0v) is 10.9. The minimum absolute atomic E-state index is 0.0801. The van der Waals surface area contributed by atoms with Gasteiger partial charge in [0.1, 0.15) is 17.1 Å². The molecule has 2 aliphatic carbocycles. The lowest BCUT2D eigenvalue weighted by Crippen LogP contribution is -2.33. The van der Waals surface area contributed by atoms with Crippen molar-refractivity contribution in [2.75, 3.05) is 0 Å². The summed E-state index contributed by atoms with van der Waals surface area (Å²) in [7, 11) is 0. The summed E-state index contributed by atoms with van der Waals surface area (Å²) in [6.45, 7) is 4.30. The maximum atomic E-state index is 10.3. The molecule has 18 heavy (non-hydrogen) atoms. The van der Waals surface area contributed by atoms with Gasteiger partial charge in [-0.25, -0.2) is 0 Å². The summed E-state index contributed by atoms with van der Waals surface area (Å²) < 4.78 is 6.22. The van der Waals surface area contributed by atoms with Crippen LogP contribution in [-0.2, 0) is 6.42 Å². The van der Waals surface area contributed by atoms with Crippen molar-refractivity contribution in [1.29, 1.82) is 0 Å². The SMILES string of the molecule is CC1(C)CCc2cc(O)c3c(c2O1)C1C=CC3C1. The average molecular weight is 242 g/mol. The Morgan fingerprint density at radius 2 is 1.94 bits per heavy atom. The van der Waals surface area contributed by atoms with Crippen LogP contribution in [0.25, 0.3) is 0 Å². The van der Waals surface area contributed by atoms with Crippen LogP contribution < -0.4 is 4.74 Å². The molecule has 1 aliphatic heterocycles. The number of aromatic hydroxyl groups is 1. The predicted octanol–water partition coefficient (Wildman–Crippen LogP) is 3.64. The van der Waals surface area contributed by atoms with Gasteiger partial charge in [-0.3, -0.25) is 0 Å². The van der Waals surface area contributed by atoms with Crippen molar-refractivity contribution >= 4 is 0 Å². The van der Waals surface area contributed by atoms with E-state index >= 15 is 0 Å². The van der Waals surface area contributed by atoms with Crippen molar-refractivity contribution in [3.8, 4) is 11.5 Å². The van der Waals surface area contributed by atoms with Crippen LogP contribution in [0.2, 0.25) is 0 Å². The summed E-state index contributed by atoms with van der Waals surface area (Å²) in [5.74, 6) is 2.41. The fourth-order valence-corrected chi connectivity index (χ4v) is 3.70. The zero-order valence-electron chi connectivity index (χ0n) is 10.9. The predicted molar refractivity (Wildman–Crippen MR) is 70.4 cm³/mol. The molecule has 94 valence electrons. The average Bonchev–Trinajstić information content (AvgIpc) is 2.90. The Morgan fingerprint density at radius 1 is 1.22 bits per heavy atom. The lowest BCUT2D eigenvalue weighted by atomic mass is 9.87. The largest absolute Gasteiger partial charge is 0.508 e. The number of phenols is 1. The van der Waals surface area contributed by atoms with E-state index in [-0.39, 0.29) is 5.60 Å². The van der Waals surface area contributed by atoms with Crippen LogP contribution in [0, 0.1) is 0 Å². The first kappa shape index (κ1) is 10.5. The molecule has 0 radical (unpaired) electrons. The van der Waals surface area contributed by atoms with Crippen LogP contribution in [0.15, 0.2) is 18.2 Å². The Kier molecular flexibility index (Phi) is 1.81. The second-order valence-corrected chi connectivity index (χ2v) is 6.41. The Morgan fingerprint density at radius 3 is 2.72 bits per heavy atom. The highest BCUT2D eigenvalue weighted by Gasteiger charge is 2.41. The molecule has 2 atom stereocenters. The number of fused-ring (bicyclic) bond motifs is 7. The molecule has 3 aliphatic rings. The van der Waals surface area contributed by atoms with Gasteiger partial charge < -0.3 is 9.84 Å². The first-order chi connectivity index (χ1) is 8.55. The summed E-state index contributed by atoms with van der Waals surface area (Å²) in [5, 5.41) is 10.3. The molecule has 0 spiro atoms. The highest BCUT2D eigenvalue weighted by Crippen LogP contribution is 2.57. The molecule has 4 rings (SSSR count). The van der Waals surface area contributed by atoms with Crippen molar-refractivity contribution in [2.24, 2.45) is 0 Å². The van der Waals surface area contributed by atoms with Crippen molar-refractivity contribution in [3.05, 3.63) is 34.9 Å². The Labute approximate surface area is 107 Å². The number of benzene rings is 1. The molecule has 2 bridgehead atoms. The van der Waals surface area contributed by atoms with E-state index in [9.17, 15) is 5.11 Å². The Balaban J connectivity index is 1.95. The fourth-order valence-electron chi connectivity index (χ4n) is 3.70. The lowest BCUT2D eigenvalue weighted by Gasteiger charge is -2.35. The lowest BCUT2D eigenvalue weighted by molar-refractivity contribution is 0.0829. The van der Waals surface area contributed by atoms with Gasteiger partial charge in [-0.2, -0.15) is 0 Å². The van der Waals surface area contributed by atoms with Crippen molar-refractivity contribution in [1.82, 2.24) is 0 Å². The van der Waals surface area contributed by atoms with Gasteiger partial charge in [-0.1, -0.05) is 12.2 Å². The molecule has 1 heterocycles. The standard InChI is InChI=1S/C16H18O2/c1-16(2)6-5-11-8-12(17)13-9-3-4-10(7-9)14(13)15(11)18-16/h3-4,8-10,17H,5-7H2,1-2H3. The third-order valence-electron chi connectivity index (χ3n) is 4.61. The van der Waals surface area contributed by atoms with Gasteiger partial charge in [-0.15, -0.1) is 0 Å². The van der Waals surface area contributed by atoms with Gasteiger partial charge in [0.25, 0.3) is 0 Å². The number of allylic oxidation sites excluding steroid dienone is 2. The molecule has 0 amide bonds. The molecule has 1 N–H and O–H groups in total. The zero-order chi connectivity index (χ0) is 12.5. The first-order valence-corrected chi connectivity index (χ1v) is 6.81. The van der Waals surface area contributed by atoms with Crippen molar-refractivity contribution in [2.45, 2.75) is 50.5 Å². The molecule has 2 unspecified atom stereocenters. The number of ether oxygens (including phenoxy) is 1. The van der Waals surface area contributed by atoms with Crippen LogP contribution in [0.5, 0.6) is 11.5 Å². The van der Waals surface area contributed by atoms with Gasteiger partial charge in [0, 0.05) is 23.0 Å². The van der Waals surface area contributed by atoms with Crippen LogP contribution in [0.3, 0.4) is 0 Å². The minimum Gasteiger partial charge on any atom is -0.508 e. The number of phenolic OH excluding ortho intramolecular Hbond substituents is 1. The first-order valence-electron chi connectivity index (χ1n) is 6.81. The number of hydrogen-bond donors (Lipinski definition) is 1. The normalized spacial score (nSPS) is 29.9. The molecular weight excluding hydrogens is 224 g/mol. The van der Waals surface area contributed by atoms with E-state index < -0.39 is 0 Å². The Hall–Kier alpha value is -1.44. The maximum Gasteiger partial charge on any atom is 0.127 e. The van der Waals surface area contributed by atoms with E-state index in [2.05, 4.69) is 26.0 Å². The maximum absolute atomic E-state index is 10.3. The fraction of sp³-hybridized carbons (Fsp3) is 0.500. The van der Waals surface area contributed by atoms with Crippen molar-refractivity contribution < 1.29 is 9.84 Å². The quantitative estimate of drug-likeness (QED) is 0.704. The van der Waals surface area contributed by atoms with E-state index in [0.29, 0.717) is 17.6 Å². The van der Waals surface area contributed by atoms with Gasteiger partial charge >= 0.3 is 0 Å². The van der Waals surface area contributed by atoms with Gasteiger partial charge in [0.2, 0.25) is 0 Å². The minimum atomic E-state index is -0.0801. The molecular formula is C16H18O2. The molecule has 0 saturated carbocycles.